The van der Waals surface area contributed by atoms with E-state index in [1.165, 1.54) is 70.0 Å². The molecule has 1 aliphatic rings. The van der Waals surface area contributed by atoms with Crippen LogP contribution in [0.1, 0.15) is 25.0 Å². The molecule has 2 heteroatoms. The number of rotatable bonds is 4. The highest BCUT2D eigenvalue weighted by atomic mass is 32.1. The van der Waals surface area contributed by atoms with Gasteiger partial charge in [-0.1, -0.05) is 105 Å². The molecule has 9 rings (SSSR count). The molecule has 1 nitrogen and oxygen atoms in total. The van der Waals surface area contributed by atoms with Crippen molar-refractivity contribution in [2.45, 2.75) is 19.3 Å². The molecule has 0 unspecified atom stereocenters. The maximum Gasteiger partial charge on any atom is 0.0554 e. The molecule has 45 heavy (non-hydrogen) atoms. The maximum absolute atomic E-state index is 2.47. The van der Waals surface area contributed by atoms with Crippen molar-refractivity contribution in [2.24, 2.45) is 0 Å². The third-order valence-electron chi connectivity index (χ3n) is 9.64. The van der Waals surface area contributed by atoms with E-state index in [1.807, 2.05) is 11.3 Å². The van der Waals surface area contributed by atoms with Gasteiger partial charge in [-0.2, -0.15) is 0 Å². The largest absolute Gasteiger partial charge is 0.310 e. The number of hydrogen-bond acceptors (Lipinski definition) is 2. The number of nitrogens with zero attached hydrogens (tertiary/aromatic N) is 1. The first kappa shape index (κ1) is 26.2. The second-order valence-corrected chi connectivity index (χ2v) is 13.6. The Kier molecular flexibility index (Phi) is 5.78. The Hall–Kier alpha value is -5.18. The third kappa shape index (κ3) is 3.99. The fraction of sp³-hybridized carbons (Fsp3) is 0.0698. The van der Waals surface area contributed by atoms with Crippen molar-refractivity contribution in [1.29, 1.82) is 0 Å². The lowest BCUT2D eigenvalue weighted by Gasteiger charge is -2.26. The van der Waals surface area contributed by atoms with Gasteiger partial charge in [-0.3, -0.25) is 0 Å². The van der Waals surface area contributed by atoms with E-state index in [2.05, 4.69) is 170 Å². The number of fused-ring (bicyclic) bond motifs is 7. The zero-order chi connectivity index (χ0) is 30.1. The summed E-state index contributed by atoms with van der Waals surface area (Å²) in [5.41, 5.74) is 11.6. The van der Waals surface area contributed by atoms with Gasteiger partial charge in [0.15, 0.2) is 0 Å². The highest BCUT2D eigenvalue weighted by Gasteiger charge is 2.35. The van der Waals surface area contributed by atoms with Gasteiger partial charge in [-0.15, -0.1) is 11.3 Å². The summed E-state index contributed by atoms with van der Waals surface area (Å²) in [4.78, 5) is 2.39. The number of hydrogen-bond donors (Lipinski definition) is 0. The standard InChI is InChI=1S/C43H31NS/c1-43(2)37-20-10-9-18-33(37)35-25-28-13-11-19-32(34(28)27-38(35)43)29-23-24-40-36(26-29)42-39(21-12-22-41(42)45-40)44(30-14-5-3-6-15-30)31-16-7-4-8-17-31/h3-27H,1-2H3. The predicted molar refractivity (Wildman–Crippen MR) is 195 cm³/mol. The van der Waals surface area contributed by atoms with Gasteiger partial charge >= 0.3 is 0 Å². The van der Waals surface area contributed by atoms with Crippen molar-refractivity contribution in [2.75, 3.05) is 4.90 Å². The zero-order valence-corrected chi connectivity index (χ0v) is 26.1. The van der Waals surface area contributed by atoms with E-state index in [-0.39, 0.29) is 5.41 Å². The number of para-hydroxylation sites is 2. The Balaban J connectivity index is 1.27. The normalized spacial score (nSPS) is 13.3. The molecule has 0 saturated heterocycles. The second kappa shape index (κ2) is 9.92. The monoisotopic (exact) mass is 593 g/mol. The van der Waals surface area contributed by atoms with E-state index in [0.29, 0.717) is 0 Å². The molecule has 0 bridgehead atoms. The second-order valence-electron chi connectivity index (χ2n) is 12.6. The molecule has 1 aromatic heterocycles. The molecule has 0 N–H and O–H groups in total. The lowest BCUT2D eigenvalue weighted by Crippen LogP contribution is -2.14. The van der Waals surface area contributed by atoms with E-state index >= 15 is 0 Å². The molecule has 7 aromatic carbocycles. The maximum atomic E-state index is 2.47. The summed E-state index contributed by atoms with van der Waals surface area (Å²) in [6.45, 7) is 4.73. The van der Waals surface area contributed by atoms with Crippen LogP contribution in [0.25, 0.3) is 53.2 Å². The van der Waals surface area contributed by atoms with Crippen LogP contribution in [0.2, 0.25) is 0 Å². The fourth-order valence-corrected chi connectivity index (χ4v) is 8.58. The molecule has 214 valence electrons. The van der Waals surface area contributed by atoms with Gasteiger partial charge in [0.1, 0.15) is 0 Å². The minimum Gasteiger partial charge on any atom is -0.310 e. The summed E-state index contributed by atoms with van der Waals surface area (Å²) >= 11 is 1.87. The molecule has 8 aromatic rings. The highest BCUT2D eigenvalue weighted by molar-refractivity contribution is 7.26. The molecular formula is C43H31NS. The minimum atomic E-state index is -0.0338. The van der Waals surface area contributed by atoms with E-state index in [0.717, 1.165) is 11.4 Å². The Morgan fingerprint density at radius 2 is 1.18 bits per heavy atom. The first-order valence-electron chi connectivity index (χ1n) is 15.6. The van der Waals surface area contributed by atoms with Crippen molar-refractivity contribution < 1.29 is 0 Å². The summed E-state index contributed by atoms with van der Waals surface area (Å²) in [5.74, 6) is 0. The van der Waals surface area contributed by atoms with Gasteiger partial charge in [0, 0.05) is 37.0 Å². The first-order valence-corrected chi connectivity index (χ1v) is 16.4. The van der Waals surface area contributed by atoms with Gasteiger partial charge in [0.2, 0.25) is 0 Å². The summed E-state index contributed by atoms with van der Waals surface area (Å²) < 4.78 is 2.60. The molecule has 0 radical (unpaired) electrons. The van der Waals surface area contributed by atoms with Crippen LogP contribution < -0.4 is 4.90 Å². The molecule has 0 amide bonds. The lowest BCUT2D eigenvalue weighted by atomic mass is 9.81. The van der Waals surface area contributed by atoms with E-state index < -0.39 is 0 Å². The van der Waals surface area contributed by atoms with E-state index in [4.69, 9.17) is 0 Å². The van der Waals surface area contributed by atoms with Gasteiger partial charge in [0.05, 0.1) is 5.69 Å². The van der Waals surface area contributed by atoms with Crippen molar-refractivity contribution in [1.82, 2.24) is 0 Å². The van der Waals surface area contributed by atoms with Crippen LogP contribution in [0.15, 0.2) is 152 Å². The Bertz CT molecular complexity index is 2360. The van der Waals surface area contributed by atoms with Crippen molar-refractivity contribution in [3.05, 3.63) is 163 Å². The average molecular weight is 594 g/mol. The van der Waals surface area contributed by atoms with Crippen molar-refractivity contribution in [3.8, 4) is 22.3 Å². The Labute approximate surface area is 267 Å². The molecule has 0 spiro atoms. The van der Waals surface area contributed by atoms with Crippen LogP contribution in [0.5, 0.6) is 0 Å². The molecule has 0 fully saturated rings. The topological polar surface area (TPSA) is 3.24 Å². The molecule has 1 heterocycles. The third-order valence-corrected chi connectivity index (χ3v) is 10.8. The smallest absolute Gasteiger partial charge is 0.0554 e. The van der Waals surface area contributed by atoms with Crippen molar-refractivity contribution >= 4 is 59.3 Å². The van der Waals surface area contributed by atoms with Gasteiger partial charge < -0.3 is 4.90 Å². The molecular weight excluding hydrogens is 563 g/mol. The summed E-state index contributed by atoms with van der Waals surface area (Å²) in [6.07, 6.45) is 0. The summed E-state index contributed by atoms with van der Waals surface area (Å²) in [6, 6.07) is 55.7. The van der Waals surface area contributed by atoms with Crippen LogP contribution in [0.3, 0.4) is 0 Å². The SMILES string of the molecule is CC1(C)c2ccccc2-c2cc3cccc(-c4ccc5sc6cccc(N(c7ccccc7)c7ccccc7)c6c5c4)c3cc21. The van der Waals surface area contributed by atoms with Crippen LogP contribution in [0.4, 0.5) is 17.1 Å². The van der Waals surface area contributed by atoms with Gasteiger partial charge in [-0.25, -0.2) is 0 Å². The predicted octanol–water partition coefficient (Wildman–Crippen LogP) is 12.7. The van der Waals surface area contributed by atoms with Crippen LogP contribution in [-0.2, 0) is 5.41 Å². The van der Waals surface area contributed by atoms with Crippen LogP contribution >= 0.6 is 11.3 Å². The van der Waals surface area contributed by atoms with Gasteiger partial charge in [-0.05, 0) is 105 Å². The van der Waals surface area contributed by atoms with E-state index in [1.54, 1.807) is 0 Å². The minimum absolute atomic E-state index is 0.0338. The molecule has 0 aliphatic heterocycles. The van der Waals surface area contributed by atoms with E-state index in [9.17, 15) is 0 Å². The number of benzene rings is 7. The summed E-state index contributed by atoms with van der Waals surface area (Å²) in [5, 5.41) is 5.19. The number of anilines is 3. The fourth-order valence-electron chi connectivity index (χ4n) is 7.47. The van der Waals surface area contributed by atoms with Crippen LogP contribution in [-0.4, -0.2) is 0 Å². The Morgan fingerprint density at radius 1 is 0.489 bits per heavy atom. The molecule has 1 aliphatic carbocycles. The molecule has 0 saturated carbocycles. The Morgan fingerprint density at radius 3 is 1.96 bits per heavy atom. The first-order chi connectivity index (χ1) is 22.1. The number of thiophene rings is 1. The van der Waals surface area contributed by atoms with Gasteiger partial charge in [0.25, 0.3) is 0 Å². The van der Waals surface area contributed by atoms with Crippen molar-refractivity contribution in [3.63, 3.8) is 0 Å². The molecule has 0 atom stereocenters. The highest BCUT2D eigenvalue weighted by Crippen LogP contribution is 2.51. The van der Waals surface area contributed by atoms with Crippen LogP contribution in [0, 0.1) is 0 Å². The lowest BCUT2D eigenvalue weighted by molar-refractivity contribution is 0.661. The summed E-state index contributed by atoms with van der Waals surface area (Å²) in [7, 11) is 0. The zero-order valence-electron chi connectivity index (χ0n) is 25.3. The quantitative estimate of drug-likeness (QED) is 0.196. The average Bonchev–Trinajstić information content (AvgIpc) is 3.57.